The molecular formula is C19H19ClN2O5S. The molecule has 1 heterocycles. The van der Waals surface area contributed by atoms with Gasteiger partial charge < -0.3 is 15.4 Å². The first kappa shape index (κ1) is 20.2. The average molecular weight is 423 g/mol. The van der Waals surface area contributed by atoms with Crippen LogP contribution < -0.4 is 15.4 Å². The van der Waals surface area contributed by atoms with E-state index in [1.165, 1.54) is 12.1 Å². The number of halogens is 1. The predicted octanol–water partition coefficient (Wildman–Crippen LogP) is 3.09. The van der Waals surface area contributed by atoms with Crippen molar-refractivity contribution in [1.29, 1.82) is 0 Å². The zero-order valence-electron chi connectivity index (χ0n) is 15.3. The van der Waals surface area contributed by atoms with E-state index < -0.39 is 21.5 Å². The Morgan fingerprint density at radius 2 is 2.04 bits per heavy atom. The molecule has 2 amide bonds. The molecule has 1 aliphatic heterocycles. The average Bonchev–Trinajstić information content (AvgIpc) is 2.63. The topological polar surface area (TPSA) is 102 Å². The maximum atomic E-state index is 12.7. The van der Waals surface area contributed by atoms with Gasteiger partial charge in [0, 0.05) is 18.2 Å². The van der Waals surface area contributed by atoms with Gasteiger partial charge in [0.25, 0.3) is 5.91 Å². The second-order valence-electron chi connectivity index (χ2n) is 6.48. The van der Waals surface area contributed by atoms with Crippen LogP contribution >= 0.6 is 11.6 Å². The molecule has 2 N–H and O–H groups in total. The molecule has 2 aromatic rings. The lowest BCUT2D eigenvalue weighted by atomic mass is 10.1. The Morgan fingerprint density at radius 1 is 1.29 bits per heavy atom. The lowest BCUT2D eigenvalue weighted by molar-refractivity contribution is -0.118. The molecule has 0 aliphatic carbocycles. The molecule has 0 saturated carbocycles. The molecule has 0 unspecified atom stereocenters. The zero-order valence-corrected chi connectivity index (χ0v) is 16.9. The molecule has 9 heteroatoms. The molecule has 0 spiro atoms. The van der Waals surface area contributed by atoms with E-state index in [0.717, 1.165) is 11.1 Å². The number of nitrogens with one attached hydrogen (secondary N) is 2. The summed E-state index contributed by atoms with van der Waals surface area (Å²) < 4.78 is 30.6. The van der Waals surface area contributed by atoms with E-state index in [4.69, 9.17) is 16.3 Å². The van der Waals surface area contributed by atoms with Crippen LogP contribution in [0.1, 0.15) is 17.5 Å². The van der Waals surface area contributed by atoms with Gasteiger partial charge >= 0.3 is 0 Å². The van der Waals surface area contributed by atoms with Gasteiger partial charge in [-0.3, -0.25) is 9.59 Å². The molecule has 0 aromatic heterocycles. The van der Waals surface area contributed by atoms with Crippen LogP contribution in [0, 0.1) is 13.8 Å². The van der Waals surface area contributed by atoms with E-state index in [9.17, 15) is 18.0 Å². The molecule has 0 saturated heterocycles. The Morgan fingerprint density at radius 3 is 2.79 bits per heavy atom. The first-order chi connectivity index (χ1) is 13.2. The van der Waals surface area contributed by atoms with Crippen LogP contribution in [0.4, 0.5) is 11.4 Å². The van der Waals surface area contributed by atoms with Crippen LogP contribution in [0.5, 0.6) is 5.75 Å². The van der Waals surface area contributed by atoms with Crippen molar-refractivity contribution in [2.75, 3.05) is 23.0 Å². The van der Waals surface area contributed by atoms with E-state index in [1.807, 2.05) is 26.0 Å². The quantitative estimate of drug-likeness (QED) is 0.770. The van der Waals surface area contributed by atoms with E-state index in [0.29, 0.717) is 11.4 Å². The molecular weight excluding hydrogens is 404 g/mol. The summed E-state index contributed by atoms with van der Waals surface area (Å²) in [5, 5.41) is 5.25. The van der Waals surface area contributed by atoms with Gasteiger partial charge in [0.15, 0.2) is 16.4 Å². The molecule has 0 bridgehead atoms. The van der Waals surface area contributed by atoms with Crippen LogP contribution in [-0.4, -0.2) is 32.6 Å². The van der Waals surface area contributed by atoms with Crippen molar-refractivity contribution >= 4 is 44.6 Å². The molecule has 1 aliphatic rings. The Hall–Kier alpha value is -2.58. The number of rotatable bonds is 5. The van der Waals surface area contributed by atoms with Crippen molar-refractivity contribution in [2.45, 2.75) is 25.2 Å². The molecule has 28 heavy (non-hydrogen) atoms. The minimum Gasteiger partial charge on any atom is -0.482 e. The highest BCUT2D eigenvalue weighted by atomic mass is 35.5. The number of amides is 2. The number of anilines is 2. The van der Waals surface area contributed by atoms with Crippen molar-refractivity contribution in [3.05, 3.63) is 46.5 Å². The Balaban J connectivity index is 1.73. The van der Waals surface area contributed by atoms with Crippen LogP contribution in [0.3, 0.4) is 0 Å². The van der Waals surface area contributed by atoms with E-state index >= 15 is 0 Å². The van der Waals surface area contributed by atoms with Gasteiger partial charge in [-0.2, -0.15) is 0 Å². The first-order valence-corrected chi connectivity index (χ1v) is 10.6. The third-order valence-corrected chi connectivity index (χ3v) is 6.65. The molecule has 2 aromatic carbocycles. The highest BCUT2D eigenvalue weighted by Crippen LogP contribution is 2.36. The van der Waals surface area contributed by atoms with Crippen molar-refractivity contribution in [1.82, 2.24) is 0 Å². The summed E-state index contributed by atoms with van der Waals surface area (Å²) in [4.78, 5) is 23.4. The van der Waals surface area contributed by atoms with Crippen LogP contribution in [0.15, 0.2) is 35.2 Å². The standard InChI is InChI=1S/C19H19ClN2O5S/c1-11-4-3-5-14(12(11)2)21-18(23)6-7-28(25,26)17-9-16-15(8-13(17)20)22-19(24)10-27-16/h3-5,8-9H,6-7,10H2,1-2H3,(H,21,23)(H,22,24). The van der Waals surface area contributed by atoms with Gasteiger partial charge in [-0.25, -0.2) is 8.42 Å². The van der Waals surface area contributed by atoms with Crippen molar-refractivity contribution in [3.8, 4) is 5.75 Å². The number of ether oxygens (including phenoxy) is 1. The highest BCUT2D eigenvalue weighted by molar-refractivity contribution is 7.91. The van der Waals surface area contributed by atoms with E-state index in [2.05, 4.69) is 10.6 Å². The molecule has 0 atom stereocenters. The third-order valence-electron chi connectivity index (χ3n) is 4.48. The summed E-state index contributed by atoms with van der Waals surface area (Å²) in [6.45, 7) is 3.61. The molecule has 148 valence electrons. The van der Waals surface area contributed by atoms with E-state index in [1.54, 1.807) is 6.07 Å². The van der Waals surface area contributed by atoms with Gasteiger partial charge in [-0.1, -0.05) is 23.7 Å². The summed E-state index contributed by atoms with van der Waals surface area (Å²) in [6.07, 6.45) is -0.222. The zero-order chi connectivity index (χ0) is 20.5. The largest absolute Gasteiger partial charge is 0.482 e. The van der Waals surface area contributed by atoms with Crippen molar-refractivity contribution in [3.63, 3.8) is 0 Å². The fraction of sp³-hybridized carbons (Fsp3) is 0.263. The highest BCUT2D eigenvalue weighted by Gasteiger charge is 2.25. The summed E-state index contributed by atoms with van der Waals surface area (Å²) >= 11 is 6.09. The number of sulfone groups is 1. The summed E-state index contributed by atoms with van der Waals surface area (Å²) in [7, 11) is -3.83. The van der Waals surface area contributed by atoms with Crippen molar-refractivity contribution in [2.24, 2.45) is 0 Å². The Kier molecular flexibility index (Phi) is 5.62. The smallest absolute Gasteiger partial charge is 0.262 e. The molecule has 0 fully saturated rings. The third kappa shape index (κ3) is 4.28. The van der Waals surface area contributed by atoms with Gasteiger partial charge in [0.05, 0.1) is 21.4 Å². The molecule has 7 nitrogen and oxygen atoms in total. The van der Waals surface area contributed by atoms with E-state index in [-0.39, 0.29) is 34.6 Å². The van der Waals surface area contributed by atoms with Gasteiger partial charge in [0.2, 0.25) is 5.91 Å². The van der Waals surface area contributed by atoms with Gasteiger partial charge in [-0.05, 0) is 37.1 Å². The van der Waals surface area contributed by atoms with Crippen LogP contribution in [0.25, 0.3) is 0 Å². The lowest BCUT2D eigenvalue weighted by Gasteiger charge is -2.19. The predicted molar refractivity (Wildman–Crippen MR) is 107 cm³/mol. The number of hydrogen-bond donors (Lipinski definition) is 2. The van der Waals surface area contributed by atoms with Crippen LogP contribution in [0.2, 0.25) is 5.02 Å². The number of fused-ring (bicyclic) bond motifs is 1. The van der Waals surface area contributed by atoms with Crippen molar-refractivity contribution < 1.29 is 22.7 Å². The fourth-order valence-electron chi connectivity index (χ4n) is 2.76. The maximum Gasteiger partial charge on any atom is 0.262 e. The number of benzene rings is 2. The van der Waals surface area contributed by atoms with Crippen LogP contribution in [-0.2, 0) is 19.4 Å². The SMILES string of the molecule is Cc1cccc(NC(=O)CCS(=O)(=O)c2cc3c(cc2Cl)NC(=O)CO3)c1C. The minimum absolute atomic E-state index is 0.0421. The lowest BCUT2D eigenvalue weighted by Crippen LogP contribution is -2.25. The van der Waals surface area contributed by atoms with Gasteiger partial charge in [0.1, 0.15) is 5.75 Å². The fourth-order valence-corrected chi connectivity index (χ4v) is 4.59. The summed E-state index contributed by atoms with van der Waals surface area (Å²) in [6, 6.07) is 8.12. The first-order valence-electron chi connectivity index (χ1n) is 8.52. The summed E-state index contributed by atoms with van der Waals surface area (Å²) in [5.41, 5.74) is 2.92. The maximum absolute atomic E-state index is 12.7. The molecule has 0 radical (unpaired) electrons. The van der Waals surface area contributed by atoms with Gasteiger partial charge in [-0.15, -0.1) is 0 Å². The Bertz CT molecular complexity index is 1070. The minimum atomic E-state index is -3.83. The summed E-state index contributed by atoms with van der Waals surface area (Å²) in [5.74, 6) is -0.936. The number of aryl methyl sites for hydroxylation is 1. The second kappa shape index (κ2) is 7.81. The number of carbonyl (C=O) groups excluding carboxylic acids is 2. The number of carbonyl (C=O) groups is 2. The Labute approximate surface area is 168 Å². The normalized spacial score (nSPS) is 13.3. The molecule has 3 rings (SSSR count). The number of hydrogen-bond acceptors (Lipinski definition) is 5. The monoisotopic (exact) mass is 422 g/mol. The second-order valence-corrected chi connectivity index (χ2v) is 8.96.